The Morgan fingerprint density at radius 1 is 0.938 bits per heavy atom. The predicted molar refractivity (Wildman–Crippen MR) is 119 cm³/mol. The first kappa shape index (κ1) is 25.0. The summed E-state index contributed by atoms with van der Waals surface area (Å²) >= 11 is 0. The van der Waals surface area contributed by atoms with Gasteiger partial charge in [0.1, 0.15) is 6.04 Å². The van der Waals surface area contributed by atoms with E-state index in [9.17, 15) is 22.8 Å². The van der Waals surface area contributed by atoms with E-state index in [4.69, 9.17) is 9.88 Å². The van der Waals surface area contributed by atoms with E-state index in [0.29, 0.717) is 11.3 Å². The van der Waals surface area contributed by atoms with Crippen LogP contribution in [0.1, 0.15) is 36.7 Å². The van der Waals surface area contributed by atoms with E-state index < -0.39 is 40.0 Å². The van der Waals surface area contributed by atoms with Gasteiger partial charge in [-0.25, -0.2) is 18.4 Å². The summed E-state index contributed by atoms with van der Waals surface area (Å²) in [5, 5.41) is 10.2. The Morgan fingerprint density at radius 2 is 1.50 bits per heavy atom. The smallest absolute Gasteiger partial charge is 0.329 e. The van der Waals surface area contributed by atoms with Crippen LogP contribution in [-0.2, 0) is 24.3 Å². The quantitative estimate of drug-likeness (QED) is 0.513. The zero-order valence-electron chi connectivity index (χ0n) is 18.3. The van der Waals surface area contributed by atoms with Crippen molar-refractivity contribution in [1.82, 2.24) is 5.32 Å². The maximum atomic E-state index is 12.6. The van der Waals surface area contributed by atoms with Gasteiger partial charge in [-0.1, -0.05) is 31.5 Å². The Balaban J connectivity index is 2.00. The lowest BCUT2D eigenvalue weighted by atomic mass is 10.0. The van der Waals surface area contributed by atoms with Crippen LogP contribution in [0.3, 0.4) is 0 Å². The molecule has 0 aliphatic rings. The van der Waals surface area contributed by atoms with Gasteiger partial charge in [0.15, 0.2) is 6.10 Å². The van der Waals surface area contributed by atoms with Crippen molar-refractivity contribution in [1.29, 1.82) is 0 Å². The molecule has 2 aromatic rings. The summed E-state index contributed by atoms with van der Waals surface area (Å²) in [6.45, 7) is 6.79. The van der Waals surface area contributed by atoms with Gasteiger partial charge < -0.3 is 15.4 Å². The third-order valence-corrected chi connectivity index (χ3v) is 5.56. The molecule has 4 N–H and O–H groups in total. The molecular formula is C22H27N3O6S. The Labute approximate surface area is 187 Å². The van der Waals surface area contributed by atoms with Crippen LogP contribution >= 0.6 is 0 Å². The highest BCUT2D eigenvalue weighted by Gasteiger charge is 2.29. The molecule has 0 saturated carbocycles. The topological polar surface area (TPSA) is 145 Å². The molecule has 0 aromatic heterocycles. The normalized spacial score (nSPS) is 13.2. The minimum absolute atomic E-state index is 0.0981. The molecule has 0 radical (unpaired) electrons. The predicted octanol–water partition coefficient (Wildman–Crippen LogP) is 1.97. The zero-order chi connectivity index (χ0) is 24.1. The van der Waals surface area contributed by atoms with Crippen LogP contribution in [0, 0.1) is 12.8 Å². The Hall–Kier alpha value is -3.24. The molecule has 0 heterocycles. The number of hydrogen-bond donors (Lipinski definition) is 3. The average molecular weight is 462 g/mol. The number of rotatable bonds is 8. The number of nitrogens with two attached hydrogens (primary N) is 1. The van der Waals surface area contributed by atoms with Gasteiger partial charge in [0.2, 0.25) is 10.0 Å². The Morgan fingerprint density at radius 3 is 2.00 bits per heavy atom. The van der Waals surface area contributed by atoms with Gasteiger partial charge in [-0.15, -0.1) is 0 Å². The summed E-state index contributed by atoms with van der Waals surface area (Å²) in [5.74, 6) is -2.06. The fraction of sp³-hybridized carbons (Fsp3) is 0.318. The number of amides is 2. The van der Waals surface area contributed by atoms with Crippen LogP contribution < -0.4 is 15.8 Å². The average Bonchev–Trinajstić information content (AvgIpc) is 2.71. The van der Waals surface area contributed by atoms with Crippen molar-refractivity contribution < 1.29 is 27.5 Å². The number of aryl methyl sites for hydroxylation is 1. The summed E-state index contributed by atoms with van der Waals surface area (Å²) in [7, 11) is -3.85. The van der Waals surface area contributed by atoms with Crippen LogP contribution in [0.2, 0.25) is 0 Å². The molecule has 0 bridgehead atoms. The number of carbonyl (C=O) groups excluding carboxylic acids is 3. The molecular weight excluding hydrogens is 434 g/mol. The van der Waals surface area contributed by atoms with E-state index in [2.05, 4.69) is 10.6 Å². The molecule has 2 rings (SSSR count). The van der Waals surface area contributed by atoms with E-state index in [1.807, 2.05) is 6.92 Å². The van der Waals surface area contributed by atoms with Crippen LogP contribution in [0.4, 0.5) is 5.69 Å². The highest BCUT2D eigenvalue weighted by molar-refractivity contribution is 7.89. The Bertz CT molecular complexity index is 1080. The van der Waals surface area contributed by atoms with Gasteiger partial charge in [0.25, 0.3) is 11.8 Å². The van der Waals surface area contributed by atoms with Gasteiger partial charge in [-0.05, 0) is 56.2 Å². The second-order valence-corrected chi connectivity index (χ2v) is 9.26. The van der Waals surface area contributed by atoms with Crippen LogP contribution in [0.5, 0.6) is 0 Å². The summed E-state index contributed by atoms with van der Waals surface area (Å²) in [5.41, 5.74) is 1.71. The lowest BCUT2D eigenvalue weighted by Gasteiger charge is -2.23. The summed E-state index contributed by atoms with van der Waals surface area (Å²) in [6, 6.07) is 11.2. The number of ether oxygens (including phenoxy) is 1. The first-order chi connectivity index (χ1) is 14.9. The molecule has 0 fully saturated rings. The molecule has 2 amide bonds. The first-order valence-electron chi connectivity index (χ1n) is 9.90. The number of anilines is 1. The molecule has 0 spiro atoms. The fourth-order valence-electron chi connectivity index (χ4n) is 2.70. The van der Waals surface area contributed by atoms with Crippen LogP contribution in [0.15, 0.2) is 53.4 Å². The highest BCUT2D eigenvalue weighted by Crippen LogP contribution is 2.14. The summed E-state index contributed by atoms with van der Waals surface area (Å²) in [6.07, 6.45) is -1.15. The molecule has 2 aromatic carbocycles. The van der Waals surface area contributed by atoms with E-state index >= 15 is 0 Å². The molecule has 2 atom stereocenters. The van der Waals surface area contributed by atoms with Crippen molar-refractivity contribution >= 4 is 33.5 Å². The number of nitrogens with one attached hydrogen (secondary N) is 2. The lowest BCUT2D eigenvalue weighted by molar-refractivity contribution is -0.156. The van der Waals surface area contributed by atoms with Gasteiger partial charge in [-0.2, -0.15) is 0 Å². The molecule has 0 saturated heterocycles. The number of sulfonamides is 1. The van der Waals surface area contributed by atoms with Crippen molar-refractivity contribution in [3.63, 3.8) is 0 Å². The molecule has 10 heteroatoms. The molecule has 0 aliphatic carbocycles. The molecule has 9 nitrogen and oxygen atoms in total. The maximum absolute atomic E-state index is 12.6. The second kappa shape index (κ2) is 10.4. The van der Waals surface area contributed by atoms with E-state index in [1.165, 1.54) is 31.2 Å². The first-order valence-corrected chi connectivity index (χ1v) is 11.4. The standard InChI is InChI=1S/C22H27N3O6S/c1-13(2)19(25-21(27)16-7-5-14(3)6-8-16)22(28)31-15(4)20(26)24-17-9-11-18(12-10-17)32(23,29)30/h5-13,15,19H,1-4H3,(H,24,26)(H,25,27)(H2,23,29,30). The Kier molecular flexibility index (Phi) is 8.12. The molecule has 0 aliphatic heterocycles. The number of hydrogen-bond acceptors (Lipinski definition) is 6. The fourth-order valence-corrected chi connectivity index (χ4v) is 3.22. The van der Waals surface area contributed by atoms with Gasteiger partial charge in [0, 0.05) is 11.3 Å². The van der Waals surface area contributed by atoms with Gasteiger partial charge in [-0.3, -0.25) is 9.59 Å². The van der Waals surface area contributed by atoms with Gasteiger partial charge >= 0.3 is 5.97 Å². The van der Waals surface area contributed by atoms with Gasteiger partial charge in [0.05, 0.1) is 4.90 Å². The third kappa shape index (κ3) is 6.89. The van der Waals surface area contributed by atoms with Crippen molar-refractivity contribution in [2.75, 3.05) is 5.32 Å². The lowest BCUT2D eigenvalue weighted by Crippen LogP contribution is -2.47. The number of benzene rings is 2. The largest absolute Gasteiger partial charge is 0.451 e. The molecule has 32 heavy (non-hydrogen) atoms. The van der Waals surface area contributed by atoms with Crippen molar-refractivity contribution in [3.05, 3.63) is 59.7 Å². The number of carbonyl (C=O) groups is 3. The van der Waals surface area contributed by atoms with E-state index in [1.54, 1.807) is 38.1 Å². The number of primary sulfonamides is 1. The van der Waals surface area contributed by atoms with Crippen molar-refractivity contribution in [2.24, 2.45) is 11.1 Å². The minimum Gasteiger partial charge on any atom is -0.451 e. The molecule has 172 valence electrons. The third-order valence-electron chi connectivity index (χ3n) is 4.63. The van der Waals surface area contributed by atoms with Crippen molar-refractivity contribution in [2.45, 2.75) is 44.7 Å². The molecule has 2 unspecified atom stereocenters. The van der Waals surface area contributed by atoms with E-state index in [0.717, 1.165) is 5.56 Å². The summed E-state index contributed by atoms with van der Waals surface area (Å²) in [4.78, 5) is 37.4. The van der Waals surface area contributed by atoms with Crippen molar-refractivity contribution in [3.8, 4) is 0 Å². The van der Waals surface area contributed by atoms with Crippen LogP contribution in [0.25, 0.3) is 0 Å². The highest BCUT2D eigenvalue weighted by atomic mass is 32.2. The SMILES string of the molecule is Cc1ccc(C(=O)NC(C(=O)OC(C)C(=O)Nc2ccc(S(N)(=O)=O)cc2)C(C)C)cc1. The minimum atomic E-state index is -3.85. The van der Waals surface area contributed by atoms with Crippen LogP contribution in [-0.4, -0.2) is 38.3 Å². The number of esters is 1. The summed E-state index contributed by atoms with van der Waals surface area (Å²) < 4.78 is 27.9. The van der Waals surface area contributed by atoms with E-state index in [-0.39, 0.29) is 10.8 Å². The maximum Gasteiger partial charge on any atom is 0.329 e. The monoisotopic (exact) mass is 461 g/mol. The second-order valence-electron chi connectivity index (χ2n) is 7.70. The zero-order valence-corrected chi connectivity index (χ0v) is 19.1.